The van der Waals surface area contributed by atoms with Gasteiger partial charge in [0, 0.05) is 18.2 Å². The largest absolute Gasteiger partial charge is 0.495 e. The van der Waals surface area contributed by atoms with Crippen molar-refractivity contribution in [2.24, 2.45) is 0 Å². The Bertz CT molecular complexity index is 1250. The van der Waals surface area contributed by atoms with Gasteiger partial charge in [-0.15, -0.1) is 0 Å². The number of carbonyl (C=O) groups is 2. The second-order valence-electron chi connectivity index (χ2n) is 8.12. The molecule has 11 heteroatoms. The van der Waals surface area contributed by atoms with E-state index in [1.807, 2.05) is 24.3 Å². The lowest BCUT2D eigenvalue weighted by Gasteiger charge is -2.19. The number of fused-ring (bicyclic) bond motifs is 1. The minimum Gasteiger partial charge on any atom is -0.495 e. The van der Waals surface area contributed by atoms with E-state index in [0.29, 0.717) is 49.2 Å². The Morgan fingerprint density at radius 1 is 1.23 bits per heavy atom. The predicted octanol–water partition coefficient (Wildman–Crippen LogP) is 2.38. The number of benzene rings is 1. The van der Waals surface area contributed by atoms with Crippen LogP contribution in [0.3, 0.4) is 0 Å². The summed E-state index contributed by atoms with van der Waals surface area (Å²) in [6.07, 6.45) is 1.49. The first-order valence-corrected chi connectivity index (χ1v) is 11.2. The molecule has 0 radical (unpaired) electrons. The first kappa shape index (κ1) is 22.5. The number of ether oxygens (including phenoxy) is 3. The lowest BCUT2D eigenvalue weighted by atomic mass is 10.1. The zero-order valence-corrected chi connectivity index (χ0v) is 19.1. The molecule has 0 spiro atoms. The van der Waals surface area contributed by atoms with Crippen molar-refractivity contribution in [3.8, 4) is 22.8 Å². The lowest BCUT2D eigenvalue weighted by Crippen LogP contribution is -2.29. The van der Waals surface area contributed by atoms with Crippen LogP contribution in [0, 0.1) is 0 Å². The van der Waals surface area contributed by atoms with E-state index in [2.05, 4.69) is 31.9 Å². The summed E-state index contributed by atoms with van der Waals surface area (Å²) in [6.45, 7) is 1.65. The highest BCUT2D eigenvalue weighted by atomic mass is 16.6. The molecule has 0 saturated carbocycles. The van der Waals surface area contributed by atoms with Gasteiger partial charge < -0.3 is 24.8 Å². The fraction of sp³-hybridized carbons (Fsp3) is 0.292. The zero-order valence-electron chi connectivity index (χ0n) is 19.1. The standard InChI is InChI=1S/C24H24N6O5/c1-33-18-10-19(29-26-12-18)16-4-2-3-15(9-16)11-25-8-7-17-13-30(24(32)35-17)21-6-5-20-23(27-21)28-22(31)14-34-20/h2-6,9-10,12,17,25H,7-8,11,13-14H2,1H3,(H,27,28,31)/t17-/m0/s1. The molecule has 180 valence electrons. The number of cyclic esters (lactones) is 1. The summed E-state index contributed by atoms with van der Waals surface area (Å²) in [5.74, 6) is 1.56. The van der Waals surface area contributed by atoms with E-state index < -0.39 is 6.09 Å². The number of carbonyl (C=O) groups excluding carboxylic acids is 2. The van der Waals surface area contributed by atoms with E-state index in [-0.39, 0.29) is 18.6 Å². The summed E-state index contributed by atoms with van der Waals surface area (Å²) in [4.78, 5) is 29.7. The highest BCUT2D eigenvalue weighted by Gasteiger charge is 2.33. The van der Waals surface area contributed by atoms with Gasteiger partial charge in [-0.1, -0.05) is 18.2 Å². The number of rotatable bonds is 8. The van der Waals surface area contributed by atoms with Crippen LogP contribution < -0.4 is 25.0 Å². The Morgan fingerprint density at radius 2 is 2.14 bits per heavy atom. The summed E-state index contributed by atoms with van der Waals surface area (Å²) < 4.78 is 16.0. The number of pyridine rings is 1. The second kappa shape index (κ2) is 9.94. The molecule has 2 amide bonds. The van der Waals surface area contributed by atoms with Gasteiger partial charge in [0.05, 0.1) is 25.5 Å². The number of methoxy groups -OCH3 is 1. The van der Waals surface area contributed by atoms with Crippen LogP contribution in [0.25, 0.3) is 11.3 Å². The normalized spacial score (nSPS) is 16.8. The van der Waals surface area contributed by atoms with Crippen LogP contribution in [0.15, 0.2) is 48.7 Å². The van der Waals surface area contributed by atoms with Gasteiger partial charge in [-0.3, -0.25) is 9.69 Å². The molecule has 1 saturated heterocycles. The van der Waals surface area contributed by atoms with Crippen molar-refractivity contribution < 1.29 is 23.8 Å². The average Bonchev–Trinajstić information content (AvgIpc) is 3.26. The van der Waals surface area contributed by atoms with Gasteiger partial charge in [-0.2, -0.15) is 10.2 Å². The second-order valence-corrected chi connectivity index (χ2v) is 8.12. The monoisotopic (exact) mass is 476 g/mol. The van der Waals surface area contributed by atoms with Crippen molar-refractivity contribution in [1.29, 1.82) is 0 Å². The molecule has 0 unspecified atom stereocenters. The molecule has 0 bridgehead atoms. The van der Waals surface area contributed by atoms with Crippen LogP contribution in [-0.4, -0.2) is 60.1 Å². The maximum absolute atomic E-state index is 12.4. The number of hydrogen-bond acceptors (Lipinski definition) is 9. The van der Waals surface area contributed by atoms with Crippen LogP contribution in [0.1, 0.15) is 12.0 Å². The summed E-state index contributed by atoms with van der Waals surface area (Å²) in [5.41, 5.74) is 2.79. The van der Waals surface area contributed by atoms with Crippen LogP contribution in [0.5, 0.6) is 11.5 Å². The quantitative estimate of drug-likeness (QED) is 0.471. The summed E-state index contributed by atoms with van der Waals surface area (Å²) in [6, 6.07) is 13.2. The third-order valence-corrected chi connectivity index (χ3v) is 5.67. The first-order chi connectivity index (χ1) is 17.1. The maximum Gasteiger partial charge on any atom is 0.415 e. The fourth-order valence-electron chi connectivity index (χ4n) is 3.90. The fourth-order valence-corrected chi connectivity index (χ4v) is 3.90. The minimum atomic E-state index is -0.461. The minimum absolute atomic E-state index is 0.0474. The summed E-state index contributed by atoms with van der Waals surface area (Å²) in [7, 11) is 1.60. The highest BCUT2D eigenvalue weighted by Crippen LogP contribution is 2.30. The molecule has 35 heavy (non-hydrogen) atoms. The van der Waals surface area contributed by atoms with Crippen molar-refractivity contribution in [3.05, 3.63) is 54.2 Å². The maximum atomic E-state index is 12.4. The van der Waals surface area contributed by atoms with Gasteiger partial charge in [-0.05, 0) is 36.7 Å². The SMILES string of the molecule is COc1cnnc(-c2cccc(CNCC[C@H]3CN(c4ccc5c(n4)NC(=O)CO5)C(=O)O3)c2)c1. The van der Waals surface area contributed by atoms with Crippen molar-refractivity contribution in [2.75, 3.05) is 37.0 Å². The Labute approximate surface area is 201 Å². The molecule has 2 aliphatic rings. The molecule has 1 fully saturated rings. The van der Waals surface area contributed by atoms with E-state index in [4.69, 9.17) is 14.2 Å². The lowest BCUT2D eigenvalue weighted by molar-refractivity contribution is -0.118. The average molecular weight is 476 g/mol. The van der Waals surface area contributed by atoms with Crippen LogP contribution in [0.2, 0.25) is 0 Å². The van der Waals surface area contributed by atoms with Crippen molar-refractivity contribution in [1.82, 2.24) is 20.5 Å². The van der Waals surface area contributed by atoms with Crippen molar-refractivity contribution in [3.63, 3.8) is 0 Å². The number of hydrogen-bond donors (Lipinski definition) is 2. The van der Waals surface area contributed by atoms with E-state index in [1.54, 1.807) is 25.4 Å². The summed E-state index contributed by atoms with van der Waals surface area (Å²) >= 11 is 0. The predicted molar refractivity (Wildman–Crippen MR) is 126 cm³/mol. The molecule has 5 rings (SSSR count). The highest BCUT2D eigenvalue weighted by molar-refractivity contribution is 5.95. The third kappa shape index (κ3) is 5.14. The third-order valence-electron chi connectivity index (χ3n) is 5.67. The molecule has 11 nitrogen and oxygen atoms in total. The van der Waals surface area contributed by atoms with Gasteiger partial charge in [0.1, 0.15) is 17.7 Å². The number of aromatic nitrogens is 3. The van der Waals surface area contributed by atoms with Gasteiger partial charge in [0.25, 0.3) is 5.91 Å². The van der Waals surface area contributed by atoms with E-state index in [9.17, 15) is 9.59 Å². The number of anilines is 2. The topological polar surface area (TPSA) is 128 Å². The zero-order chi connectivity index (χ0) is 24.2. The number of nitrogens with one attached hydrogen (secondary N) is 2. The van der Waals surface area contributed by atoms with Crippen molar-refractivity contribution in [2.45, 2.75) is 19.1 Å². The molecule has 3 aromatic rings. The van der Waals surface area contributed by atoms with E-state index >= 15 is 0 Å². The molecular formula is C24H24N6O5. The van der Waals surface area contributed by atoms with E-state index in [1.165, 1.54) is 4.90 Å². The molecule has 4 heterocycles. The Hall–Kier alpha value is -4.25. The first-order valence-electron chi connectivity index (χ1n) is 11.2. The van der Waals surface area contributed by atoms with Crippen LogP contribution in [0.4, 0.5) is 16.4 Å². The molecule has 1 aromatic carbocycles. The van der Waals surface area contributed by atoms with Crippen LogP contribution >= 0.6 is 0 Å². The Balaban J connectivity index is 1.13. The molecule has 2 N–H and O–H groups in total. The van der Waals surface area contributed by atoms with Gasteiger partial charge in [0.2, 0.25) is 0 Å². The van der Waals surface area contributed by atoms with E-state index in [0.717, 1.165) is 16.8 Å². The Kier molecular flexibility index (Phi) is 6.40. The summed E-state index contributed by atoms with van der Waals surface area (Å²) in [5, 5.41) is 14.2. The van der Waals surface area contributed by atoms with Crippen molar-refractivity contribution >= 4 is 23.6 Å². The van der Waals surface area contributed by atoms with Gasteiger partial charge in [0.15, 0.2) is 18.2 Å². The molecular weight excluding hydrogens is 452 g/mol. The smallest absolute Gasteiger partial charge is 0.415 e. The van der Waals surface area contributed by atoms with Crippen LogP contribution in [-0.2, 0) is 16.1 Å². The molecule has 1 atom stereocenters. The molecule has 2 aromatic heterocycles. The molecule has 0 aliphatic carbocycles. The number of amides is 2. The van der Waals surface area contributed by atoms with Gasteiger partial charge >= 0.3 is 6.09 Å². The Morgan fingerprint density at radius 3 is 3.03 bits per heavy atom. The molecule has 2 aliphatic heterocycles. The number of nitrogens with zero attached hydrogens (tertiary/aromatic N) is 4. The van der Waals surface area contributed by atoms with Gasteiger partial charge in [-0.25, -0.2) is 9.78 Å².